The second-order valence-electron chi connectivity index (χ2n) is 8.57. The molecule has 0 bridgehead atoms. The van der Waals surface area contributed by atoms with Crippen molar-refractivity contribution in [2.24, 2.45) is 15.9 Å². The van der Waals surface area contributed by atoms with E-state index in [0.29, 0.717) is 16.8 Å². The van der Waals surface area contributed by atoms with E-state index in [-0.39, 0.29) is 12.0 Å². The fourth-order valence-electron chi connectivity index (χ4n) is 3.70. The molecule has 7 nitrogen and oxygen atoms in total. The highest BCUT2D eigenvalue weighted by Gasteiger charge is 2.15. The summed E-state index contributed by atoms with van der Waals surface area (Å²) in [6, 6.07) is 13.7. The summed E-state index contributed by atoms with van der Waals surface area (Å²) >= 11 is 6.16. The van der Waals surface area contributed by atoms with Crippen molar-refractivity contribution < 1.29 is 0 Å². The van der Waals surface area contributed by atoms with Gasteiger partial charge in [0.05, 0.1) is 11.7 Å². The maximum atomic E-state index is 6.16. The van der Waals surface area contributed by atoms with Crippen LogP contribution in [-0.4, -0.2) is 26.9 Å². The lowest BCUT2D eigenvalue weighted by Gasteiger charge is -2.19. The number of aromatic nitrogens is 3. The molecule has 3 aromatic rings. The van der Waals surface area contributed by atoms with E-state index in [4.69, 9.17) is 21.6 Å². The number of pyridine rings is 1. The Labute approximate surface area is 216 Å². The van der Waals surface area contributed by atoms with Crippen LogP contribution in [0.3, 0.4) is 0 Å². The van der Waals surface area contributed by atoms with Crippen molar-refractivity contribution in [1.82, 2.24) is 20.5 Å². The molecular formula is C28H30ClN7. The predicted molar refractivity (Wildman–Crippen MR) is 150 cm³/mol. The molecule has 3 N–H and O–H groups in total. The van der Waals surface area contributed by atoms with Crippen LogP contribution in [-0.2, 0) is 0 Å². The van der Waals surface area contributed by atoms with Gasteiger partial charge in [-0.05, 0) is 73.9 Å². The Kier molecular flexibility index (Phi) is 8.47. The Balaban J connectivity index is 1.64. The summed E-state index contributed by atoms with van der Waals surface area (Å²) in [4.78, 5) is 13.9. The van der Waals surface area contributed by atoms with Crippen molar-refractivity contribution in [2.75, 3.05) is 5.32 Å². The minimum absolute atomic E-state index is 0.0526. The normalized spacial score (nSPS) is 18.7. The molecule has 4 rings (SSSR count). The summed E-state index contributed by atoms with van der Waals surface area (Å²) in [6.07, 6.45) is 14.4. The number of rotatable bonds is 7. The summed E-state index contributed by atoms with van der Waals surface area (Å²) in [5.74, 6) is 2.00. The number of H-pyrrole nitrogens is 1. The van der Waals surface area contributed by atoms with E-state index < -0.39 is 0 Å². The molecule has 0 saturated carbocycles. The Hall–Kier alpha value is -3.97. The third-order valence-electron chi connectivity index (χ3n) is 5.68. The van der Waals surface area contributed by atoms with Crippen LogP contribution >= 0.6 is 11.6 Å². The molecule has 36 heavy (non-hydrogen) atoms. The lowest BCUT2D eigenvalue weighted by molar-refractivity contribution is 0.638. The van der Waals surface area contributed by atoms with E-state index in [1.165, 1.54) is 0 Å². The minimum Gasteiger partial charge on any atom is -0.364 e. The van der Waals surface area contributed by atoms with Crippen LogP contribution in [0, 0.1) is 5.92 Å². The number of allylic oxidation sites excluding steroid dienone is 3. The maximum Gasteiger partial charge on any atom is 0.230 e. The highest BCUT2D eigenvalue weighted by Crippen LogP contribution is 2.19. The fraction of sp³-hybridized carbons (Fsp3) is 0.214. The molecule has 0 amide bonds. The van der Waals surface area contributed by atoms with Crippen molar-refractivity contribution in [3.8, 4) is 0 Å². The summed E-state index contributed by atoms with van der Waals surface area (Å²) < 4.78 is 0. The van der Waals surface area contributed by atoms with Gasteiger partial charge in [-0.1, -0.05) is 42.8 Å². The number of benzene rings is 1. The number of anilines is 1. The van der Waals surface area contributed by atoms with Crippen LogP contribution in [0.2, 0.25) is 5.02 Å². The van der Waals surface area contributed by atoms with E-state index in [1.807, 2.05) is 73.7 Å². The number of nitrogens with zero attached hydrogens (tertiary/aromatic N) is 4. The Morgan fingerprint density at radius 1 is 1.08 bits per heavy atom. The molecule has 3 heterocycles. The summed E-state index contributed by atoms with van der Waals surface area (Å²) in [5.41, 5.74) is 3.94. The summed E-state index contributed by atoms with van der Waals surface area (Å²) in [6.45, 7) is 6.22. The molecule has 1 aromatic carbocycles. The number of aromatic amines is 1. The van der Waals surface area contributed by atoms with Gasteiger partial charge in [0.15, 0.2) is 5.82 Å². The van der Waals surface area contributed by atoms with Gasteiger partial charge in [0.1, 0.15) is 5.82 Å². The van der Waals surface area contributed by atoms with Crippen LogP contribution in [0.15, 0.2) is 88.9 Å². The first kappa shape index (κ1) is 25.1. The summed E-state index contributed by atoms with van der Waals surface area (Å²) in [5, 5.41) is 14.8. The average molecular weight is 500 g/mol. The van der Waals surface area contributed by atoms with Gasteiger partial charge in [-0.2, -0.15) is 10.1 Å². The van der Waals surface area contributed by atoms with Crippen LogP contribution < -0.4 is 10.6 Å². The number of guanidine groups is 1. The molecule has 1 aliphatic heterocycles. The van der Waals surface area contributed by atoms with Crippen LogP contribution in [0.25, 0.3) is 12.2 Å². The topological polar surface area (TPSA) is 90.3 Å². The highest BCUT2D eigenvalue weighted by molar-refractivity contribution is 6.30. The van der Waals surface area contributed by atoms with Crippen molar-refractivity contribution in [3.05, 3.63) is 101 Å². The lowest BCUT2D eigenvalue weighted by Crippen LogP contribution is -2.23. The molecule has 0 aliphatic carbocycles. The van der Waals surface area contributed by atoms with Crippen LogP contribution in [0.5, 0.6) is 0 Å². The van der Waals surface area contributed by atoms with Gasteiger partial charge in [-0.15, -0.1) is 0 Å². The first-order valence-electron chi connectivity index (χ1n) is 11.9. The molecular weight excluding hydrogens is 470 g/mol. The summed E-state index contributed by atoms with van der Waals surface area (Å²) in [7, 11) is 0. The second kappa shape index (κ2) is 12.1. The molecule has 0 saturated heterocycles. The highest BCUT2D eigenvalue weighted by atomic mass is 35.5. The third kappa shape index (κ3) is 7.02. The zero-order valence-electron chi connectivity index (χ0n) is 20.6. The quantitative estimate of drug-likeness (QED) is 0.339. The molecule has 2 aromatic heterocycles. The molecule has 8 heteroatoms. The maximum absolute atomic E-state index is 6.16. The monoisotopic (exact) mass is 499 g/mol. The Morgan fingerprint density at radius 3 is 2.69 bits per heavy atom. The molecule has 0 spiro atoms. The van der Waals surface area contributed by atoms with Gasteiger partial charge in [0, 0.05) is 35.1 Å². The largest absolute Gasteiger partial charge is 0.364 e. The van der Waals surface area contributed by atoms with Gasteiger partial charge in [-0.3, -0.25) is 10.1 Å². The molecule has 2 atom stereocenters. The molecule has 2 unspecified atom stereocenters. The van der Waals surface area contributed by atoms with E-state index in [1.54, 1.807) is 12.4 Å². The van der Waals surface area contributed by atoms with E-state index in [2.05, 4.69) is 45.7 Å². The fourth-order valence-corrected chi connectivity index (χ4v) is 3.90. The molecule has 0 fully saturated rings. The van der Waals surface area contributed by atoms with Crippen molar-refractivity contribution in [2.45, 2.75) is 33.2 Å². The van der Waals surface area contributed by atoms with E-state index in [0.717, 1.165) is 34.8 Å². The van der Waals surface area contributed by atoms with Crippen LogP contribution in [0.4, 0.5) is 5.82 Å². The predicted octanol–water partition coefficient (Wildman–Crippen LogP) is 6.65. The first-order chi connectivity index (χ1) is 17.5. The minimum atomic E-state index is 0.0526. The van der Waals surface area contributed by atoms with E-state index >= 15 is 0 Å². The molecule has 184 valence electrons. The average Bonchev–Trinajstić information content (AvgIpc) is 3.31. The van der Waals surface area contributed by atoms with E-state index in [9.17, 15) is 0 Å². The zero-order valence-corrected chi connectivity index (χ0v) is 21.4. The second-order valence-corrected chi connectivity index (χ2v) is 9.00. The number of hydrogen-bond donors (Lipinski definition) is 3. The third-order valence-corrected chi connectivity index (χ3v) is 5.92. The zero-order chi connectivity index (χ0) is 25.3. The van der Waals surface area contributed by atoms with Crippen LogP contribution in [0.1, 0.15) is 50.1 Å². The smallest absolute Gasteiger partial charge is 0.230 e. The SMILES string of the molecule is C/C=C/c1cc(NC2=N/C(NC(C)c3ccncc3)=C/CC(C)C(/C=C/c3cccc(Cl)c3)=N2)n[nH]1. The van der Waals surface area contributed by atoms with Crippen molar-refractivity contribution in [1.29, 1.82) is 0 Å². The lowest BCUT2D eigenvalue weighted by atomic mass is 9.99. The molecule has 1 aliphatic rings. The number of aliphatic imine (C=N–C) groups is 2. The first-order valence-corrected chi connectivity index (χ1v) is 12.3. The number of hydrogen-bond acceptors (Lipinski definition) is 6. The van der Waals surface area contributed by atoms with Gasteiger partial charge < -0.3 is 10.6 Å². The van der Waals surface area contributed by atoms with Gasteiger partial charge in [-0.25, -0.2) is 4.99 Å². The Morgan fingerprint density at radius 2 is 1.92 bits per heavy atom. The van der Waals surface area contributed by atoms with Gasteiger partial charge in [0.25, 0.3) is 0 Å². The molecule has 0 radical (unpaired) electrons. The Bertz CT molecular complexity index is 1320. The van der Waals surface area contributed by atoms with Gasteiger partial charge in [0.2, 0.25) is 5.96 Å². The van der Waals surface area contributed by atoms with Crippen molar-refractivity contribution >= 4 is 41.2 Å². The van der Waals surface area contributed by atoms with Crippen molar-refractivity contribution in [3.63, 3.8) is 0 Å². The number of nitrogens with one attached hydrogen (secondary N) is 3. The standard InChI is InChI=1S/C28H30ClN7/c1-4-6-24-18-27(36-35-24)34-28-32-25(11-10-21-7-5-8-23(29)17-21)19(2)9-12-26(33-28)31-20(3)22-13-15-30-16-14-22/h4-8,10-20,31H,9H2,1-3H3,(H2,33,34,35,36)/b6-4+,11-10+,26-12+,32-25?. The van der Waals surface area contributed by atoms with Gasteiger partial charge >= 0.3 is 0 Å². The number of halogens is 1.